The van der Waals surface area contributed by atoms with Crippen molar-refractivity contribution in [3.8, 4) is 0 Å². The standard InChI is InChI=1S/C9H14N2O5/c1-2-3-14-4-7-10-11-8(16-7)5-15-6-9(12)13/h2-6H2,1H3,(H,12,13). The number of hydrogen-bond donors (Lipinski definition) is 1. The second-order valence-corrected chi connectivity index (χ2v) is 3.03. The molecule has 0 aliphatic carbocycles. The van der Waals surface area contributed by atoms with Gasteiger partial charge in [-0.05, 0) is 6.42 Å². The third kappa shape index (κ3) is 4.85. The third-order valence-corrected chi connectivity index (χ3v) is 1.53. The quantitative estimate of drug-likeness (QED) is 0.653. The predicted molar refractivity (Wildman–Crippen MR) is 51.5 cm³/mol. The van der Waals surface area contributed by atoms with Gasteiger partial charge in [-0.1, -0.05) is 6.92 Å². The van der Waals surface area contributed by atoms with E-state index in [4.69, 9.17) is 19.0 Å². The van der Waals surface area contributed by atoms with Gasteiger partial charge in [0, 0.05) is 6.61 Å². The maximum atomic E-state index is 10.2. The molecule has 90 valence electrons. The second-order valence-electron chi connectivity index (χ2n) is 3.03. The van der Waals surface area contributed by atoms with Gasteiger partial charge in [-0.25, -0.2) is 4.79 Å². The van der Waals surface area contributed by atoms with Crippen LogP contribution in [0.3, 0.4) is 0 Å². The van der Waals surface area contributed by atoms with Crippen LogP contribution in [-0.4, -0.2) is 34.5 Å². The summed E-state index contributed by atoms with van der Waals surface area (Å²) in [6.07, 6.45) is 0.919. The number of nitrogens with zero attached hydrogens (tertiary/aromatic N) is 2. The summed E-state index contributed by atoms with van der Waals surface area (Å²) >= 11 is 0. The lowest BCUT2D eigenvalue weighted by Gasteiger charge is -1.97. The van der Waals surface area contributed by atoms with Crippen LogP contribution in [0.25, 0.3) is 0 Å². The average Bonchev–Trinajstić information content (AvgIpc) is 2.66. The van der Waals surface area contributed by atoms with Crippen LogP contribution < -0.4 is 0 Å². The molecule has 1 rings (SSSR count). The van der Waals surface area contributed by atoms with Gasteiger partial charge < -0.3 is 19.0 Å². The Morgan fingerprint density at radius 3 is 2.50 bits per heavy atom. The predicted octanol–water partition coefficient (Wildman–Crippen LogP) is 0.597. The minimum Gasteiger partial charge on any atom is -0.480 e. The first-order valence-corrected chi connectivity index (χ1v) is 4.91. The maximum absolute atomic E-state index is 10.2. The fourth-order valence-corrected chi connectivity index (χ4v) is 0.934. The summed E-state index contributed by atoms with van der Waals surface area (Å²) < 4.78 is 15.1. The first-order valence-electron chi connectivity index (χ1n) is 4.91. The molecule has 0 amide bonds. The lowest BCUT2D eigenvalue weighted by Crippen LogP contribution is -2.06. The third-order valence-electron chi connectivity index (χ3n) is 1.53. The average molecular weight is 230 g/mol. The molecule has 1 N–H and O–H groups in total. The van der Waals surface area contributed by atoms with Crippen molar-refractivity contribution in [1.82, 2.24) is 10.2 Å². The van der Waals surface area contributed by atoms with Gasteiger partial charge in [0.1, 0.15) is 19.8 Å². The largest absolute Gasteiger partial charge is 0.480 e. The summed E-state index contributed by atoms with van der Waals surface area (Å²) in [5.74, 6) is -0.426. The van der Waals surface area contributed by atoms with E-state index >= 15 is 0 Å². The van der Waals surface area contributed by atoms with Gasteiger partial charge in [0.15, 0.2) is 0 Å². The molecular formula is C9H14N2O5. The van der Waals surface area contributed by atoms with Gasteiger partial charge in [0.05, 0.1) is 0 Å². The van der Waals surface area contributed by atoms with E-state index in [9.17, 15) is 4.79 Å². The van der Waals surface area contributed by atoms with Gasteiger partial charge >= 0.3 is 5.97 Å². The summed E-state index contributed by atoms with van der Waals surface area (Å²) in [5, 5.41) is 15.7. The fourth-order valence-electron chi connectivity index (χ4n) is 0.934. The number of aliphatic carboxylic acids is 1. The van der Waals surface area contributed by atoms with Gasteiger partial charge in [0.25, 0.3) is 0 Å². The molecule has 7 nitrogen and oxygen atoms in total. The number of rotatable bonds is 8. The molecule has 0 fully saturated rings. The smallest absolute Gasteiger partial charge is 0.329 e. The molecule has 0 bridgehead atoms. The molecule has 0 saturated heterocycles. The second kappa shape index (κ2) is 6.91. The zero-order valence-electron chi connectivity index (χ0n) is 9.01. The Morgan fingerprint density at radius 1 is 1.31 bits per heavy atom. The van der Waals surface area contributed by atoms with Crippen molar-refractivity contribution in [1.29, 1.82) is 0 Å². The van der Waals surface area contributed by atoms with Gasteiger partial charge in [-0.2, -0.15) is 0 Å². The number of carboxylic acids is 1. The lowest BCUT2D eigenvalue weighted by molar-refractivity contribution is -0.142. The number of carbonyl (C=O) groups is 1. The zero-order valence-corrected chi connectivity index (χ0v) is 9.01. The summed E-state index contributed by atoms with van der Waals surface area (Å²) in [6, 6.07) is 0. The van der Waals surface area contributed by atoms with Crippen molar-refractivity contribution in [3.05, 3.63) is 11.8 Å². The highest BCUT2D eigenvalue weighted by molar-refractivity contribution is 5.67. The summed E-state index contributed by atoms with van der Waals surface area (Å²) in [4.78, 5) is 10.2. The minimum atomic E-state index is -1.04. The Bertz CT molecular complexity index is 325. The van der Waals surface area contributed by atoms with Crippen LogP contribution in [0, 0.1) is 0 Å². The van der Waals surface area contributed by atoms with Crippen molar-refractivity contribution in [3.63, 3.8) is 0 Å². The molecule has 0 aromatic carbocycles. The normalized spacial score (nSPS) is 10.6. The van der Waals surface area contributed by atoms with E-state index in [1.54, 1.807) is 0 Å². The lowest BCUT2D eigenvalue weighted by atomic mass is 10.5. The maximum Gasteiger partial charge on any atom is 0.329 e. The Kier molecular flexibility index (Phi) is 5.44. The van der Waals surface area contributed by atoms with E-state index in [2.05, 4.69) is 10.2 Å². The fraction of sp³-hybridized carbons (Fsp3) is 0.667. The molecule has 1 aromatic rings. The SMILES string of the molecule is CCCOCc1nnc(COCC(=O)O)o1. The van der Waals surface area contributed by atoms with E-state index < -0.39 is 5.97 Å². The first kappa shape index (κ1) is 12.6. The Balaban J connectivity index is 2.25. The summed E-state index contributed by atoms with van der Waals surface area (Å²) in [6.45, 7) is 2.50. The minimum absolute atomic E-state index is 0.00687. The van der Waals surface area contributed by atoms with E-state index in [0.29, 0.717) is 12.5 Å². The zero-order chi connectivity index (χ0) is 11.8. The molecule has 0 aliphatic rings. The number of carboxylic acid groups (broad SMARTS) is 1. The van der Waals surface area contributed by atoms with E-state index in [0.717, 1.165) is 6.42 Å². The van der Waals surface area contributed by atoms with Crippen molar-refractivity contribution in [2.45, 2.75) is 26.6 Å². The van der Waals surface area contributed by atoms with Crippen LogP contribution in [0.2, 0.25) is 0 Å². The molecule has 7 heteroatoms. The van der Waals surface area contributed by atoms with Crippen molar-refractivity contribution >= 4 is 5.97 Å². The molecule has 1 heterocycles. The van der Waals surface area contributed by atoms with Gasteiger partial charge in [-0.3, -0.25) is 0 Å². The number of aromatic nitrogens is 2. The van der Waals surface area contributed by atoms with Crippen LogP contribution >= 0.6 is 0 Å². The van der Waals surface area contributed by atoms with E-state index in [1.807, 2.05) is 6.92 Å². The molecule has 0 saturated carbocycles. The summed E-state index contributed by atoms with van der Waals surface area (Å²) in [7, 11) is 0. The van der Waals surface area contributed by atoms with Gasteiger partial charge in [0.2, 0.25) is 11.8 Å². The van der Waals surface area contributed by atoms with Crippen LogP contribution in [-0.2, 0) is 27.5 Å². The number of ether oxygens (including phenoxy) is 2. The number of hydrogen-bond acceptors (Lipinski definition) is 6. The van der Waals surface area contributed by atoms with Crippen molar-refractivity contribution in [2.75, 3.05) is 13.2 Å². The monoisotopic (exact) mass is 230 g/mol. The van der Waals surface area contributed by atoms with Crippen molar-refractivity contribution < 1.29 is 23.8 Å². The molecular weight excluding hydrogens is 216 g/mol. The highest BCUT2D eigenvalue weighted by atomic mass is 16.5. The first-order chi connectivity index (χ1) is 7.72. The molecule has 0 atom stereocenters. The van der Waals surface area contributed by atoms with Crippen LogP contribution in [0.15, 0.2) is 4.42 Å². The molecule has 1 aromatic heterocycles. The molecule has 0 aliphatic heterocycles. The van der Waals surface area contributed by atoms with Crippen LogP contribution in [0.5, 0.6) is 0 Å². The van der Waals surface area contributed by atoms with Crippen LogP contribution in [0.1, 0.15) is 25.1 Å². The highest BCUT2D eigenvalue weighted by Crippen LogP contribution is 2.03. The molecule has 0 unspecified atom stereocenters. The molecule has 0 radical (unpaired) electrons. The highest BCUT2D eigenvalue weighted by Gasteiger charge is 2.06. The van der Waals surface area contributed by atoms with E-state index in [-0.39, 0.29) is 25.7 Å². The molecule has 0 spiro atoms. The summed E-state index contributed by atoms with van der Waals surface area (Å²) in [5.41, 5.74) is 0. The van der Waals surface area contributed by atoms with Crippen molar-refractivity contribution in [2.24, 2.45) is 0 Å². The Labute approximate surface area is 92.4 Å². The van der Waals surface area contributed by atoms with Crippen LogP contribution in [0.4, 0.5) is 0 Å². The van der Waals surface area contributed by atoms with Gasteiger partial charge in [-0.15, -0.1) is 10.2 Å². The molecule has 16 heavy (non-hydrogen) atoms. The Morgan fingerprint density at radius 2 is 1.94 bits per heavy atom. The Hall–Kier alpha value is -1.47. The topological polar surface area (TPSA) is 94.7 Å². The van der Waals surface area contributed by atoms with E-state index in [1.165, 1.54) is 0 Å².